The van der Waals surface area contributed by atoms with Gasteiger partial charge in [0.1, 0.15) is 0 Å². The van der Waals surface area contributed by atoms with E-state index in [-0.39, 0.29) is 11.7 Å². The number of likely N-dealkylation sites (tertiary alicyclic amines) is 1. The van der Waals surface area contributed by atoms with Gasteiger partial charge in [-0.1, -0.05) is 19.1 Å². The summed E-state index contributed by atoms with van der Waals surface area (Å²) in [5.41, 5.74) is 0. The van der Waals surface area contributed by atoms with Crippen LogP contribution < -0.4 is 4.74 Å². The van der Waals surface area contributed by atoms with E-state index in [2.05, 4.69) is 0 Å². The van der Waals surface area contributed by atoms with Gasteiger partial charge in [-0.25, -0.2) is 4.39 Å². The molecule has 0 unspecified atom stereocenters. The minimum Gasteiger partial charge on any atom is -0.491 e. The van der Waals surface area contributed by atoms with E-state index in [1.165, 1.54) is 6.07 Å². The summed E-state index contributed by atoms with van der Waals surface area (Å²) in [6, 6.07) is 6.50. The molecule has 2 rings (SSSR count). The molecule has 0 saturated carbocycles. The molecule has 0 aromatic heterocycles. The highest BCUT2D eigenvalue weighted by atomic mass is 19.1. The van der Waals surface area contributed by atoms with Crippen LogP contribution in [0, 0.1) is 11.7 Å². The van der Waals surface area contributed by atoms with Gasteiger partial charge in [-0.15, -0.1) is 0 Å². The van der Waals surface area contributed by atoms with Crippen molar-refractivity contribution in [2.75, 3.05) is 19.7 Å². The molecule has 3 nitrogen and oxygen atoms in total. The molecule has 0 spiro atoms. The molecule has 1 heterocycles. The van der Waals surface area contributed by atoms with Crippen molar-refractivity contribution in [3.8, 4) is 5.75 Å². The minimum atomic E-state index is -0.308. The standard InChI is InChI=1S/C17H24FNO2/c1-2-5-17(20)19-11-8-14(9-12-19)10-13-21-16-7-4-3-6-15(16)18/h3-4,6-7,14H,2,5,8-13H2,1H3. The minimum absolute atomic E-state index is 0.276. The summed E-state index contributed by atoms with van der Waals surface area (Å²) in [5, 5.41) is 0. The molecule has 116 valence electrons. The van der Waals surface area contributed by atoms with Crippen LogP contribution in [0.4, 0.5) is 4.39 Å². The third-order valence-electron chi connectivity index (χ3n) is 4.05. The van der Waals surface area contributed by atoms with Gasteiger partial charge in [-0.2, -0.15) is 0 Å². The lowest BCUT2D eigenvalue weighted by Crippen LogP contribution is -2.38. The fourth-order valence-electron chi connectivity index (χ4n) is 2.74. The van der Waals surface area contributed by atoms with Gasteiger partial charge in [-0.05, 0) is 43.7 Å². The average Bonchev–Trinajstić information content (AvgIpc) is 2.50. The molecule has 0 N–H and O–H groups in total. The zero-order valence-corrected chi connectivity index (χ0v) is 12.7. The lowest BCUT2D eigenvalue weighted by Gasteiger charge is -2.32. The number of carbonyl (C=O) groups excluding carboxylic acids is 1. The van der Waals surface area contributed by atoms with Gasteiger partial charge in [0.05, 0.1) is 6.61 Å². The van der Waals surface area contributed by atoms with Crippen molar-refractivity contribution in [3.63, 3.8) is 0 Å². The molecule has 1 aromatic rings. The Morgan fingerprint density at radius 3 is 2.71 bits per heavy atom. The van der Waals surface area contributed by atoms with Crippen molar-refractivity contribution >= 4 is 5.91 Å². The molecule has 1 aliphatic heterocycles. The Labute approximate surface area is 126 Å². The van der Waals surface area contributed by atoms with E-state index in [9.17, 15) is 9.18 Å². The molecule has 0 aliphatic carbocycles. The third kappa shape index (κ3) is 4.73. The number of piperidine rings is 1. The number of amides is 1. The Balaban J connectivity index is 1.67. The molecule has 0 radical (unpaired) electrons. The van der Waals surface area contributed by atoms with Crippen molar-refractivity contribution < 1.29 is 13.9 Å². The van der Waals surface area contributed by atoms with E-state index in [0.717, 1.165) is 38.8 Å². The average molecular weight is 293 g/mol. The molecule has 1 amide bonds. The molecule has 0 atom stereocenters. The van der Waals surface area contributed by atoms with E-state index >= 15 is 0 Å². The zero-order valence-electron chi connectivity index (χ0n) is 12.7. The number of hydrogen-bond donors (Lipinski definition) is 0. The lowest BCUT2D eigenvalue weighted by atomic mass is 9.94. The van der Waals surface area contributed by atoms with E-state index in [0.29, 0.717) is 24.7 Å². The van der Waals surface area contributed by atoms with Gasteiger partial charge in [0.25, 0.3) is 0 Å². The fourth-order valence-corrected chi connectivity index (χ4v) is 2.74. The summed E-state index contributed by atoms with van der Waals surface area (Å²) >= 11 is 0. The molecule has 0 bridgehead atoms. The summed E-state index contributed by atoms with van der Waals surface area (Å²) in [5.74, 6) is 0.867. The van der Waals surface area contributed by atoms with Crippen LogP contribution in [0.1, 0.15) is 39.0 Å². The molecule has 21 heavy (non-hydrogen) atoms. The fraction of sp³-hybridized carbons (Fsp3) is 0.588. The second-order valence-electron chi connectivity index (χ2n) is 5.64. The molecule has 4 heteroatoms. The van der Waals surface area contributed by atoms with Gasteiger partial charge >= 0.3 is 0 Å². The third-order valence-corrected chi connectivity index (χ3v) is 4.05. The smallest absolute Gasteiger partial charge is 0.222 e. The van der Waals surface area contributed by atoms with Gasteiger partial charge in [-0.3, -0.25) is 4.79 Å². The molecule has 1 aliphatic rings. The van der Waals surface area contributed by atoms with Crippen molar-refractivity contribution in [1.29, 1.82) is 0 Å². The highest BCUT2D eigenvalue weighted by molar-refractivity contribution is 5.76. The number of ether oxygens (including phenoxy) is 1. The molecule has 1 saturated heterocycles. The Hall–Kier alpha value is -1.58. The van der Waals surface area contributed by atoms with Crippen LogP contribution in [0.2, 0.25) is 0 Å². The Morgan fingerprint density at radius 1 is 1.33 bits per heavy atom. The molecule has 1 aromatic carbocycles. The van der Waals surface area contributed by atoms with E-state index in [1.807, 2.05) is 11.8 Å². The predicted molar refractivity (Wildman–Crippen MR) is 80.7 cm³/mol. The van der Waals surface area contributed by atoms with Crippen molar-refractivity contribution in [2.45, 2.75) is 39.0 Å². The number of hydrogen-bond acceptors (Lipinski definition) is 2. The first-order chi connectivity index (χ1) is 10.2. The Morgan fingerprint density at radius 2 is 2.05 bits per heavy atom. The van der Waals surface area contributed by atoms with Crippen LogP contribution in [-0.2, 0) is 4.79 Å². The van der Waals surface area contributed by atoms with Crippen LogP contribution in [0.15, 0.2) is 24.3 Å². The van der Waals surface area contributed by atoms with Crippen LogP contribution in [-0.4, -0.2) is 30.5 Å². The SMILES string of the molecule is CCCC(=O)N1CCC(CCOc2ccccc2F)CC1. The summed E-state index contributed by atoms with van der Waals surface area (Å²) in [6.07, 6.45) is 4.53. The number of rotatable bonds is 6. The highest BCUT2D eigenvalue weighted by Crippen LogP contribution is 2.22. The summed E-state index contributed by atoms with van der Waals surface area (Å²) in [7, 11) is 0. The molecule has 1 fully saturated rings. The quantitative estimate of drug-likeness (QED) is 0.801. The molecular weight excluding hydrogens is 269 g/mol. The van der Waals surface area contributed by atoms with Crippen LogP contribution in [0.25, 0.3) is 0 Å². The number of halogens is 1. The lowest BCUT2D eigenvalue weighted by molar-refractivity contribution is -0.132. The largest absolute Gasteiger partial charge is 0.491 e. The van der Waals surface area contributed by atoms with Gasteiger partial charge in [0.15, 0.2) is 11.6 Å². The predicted octanol–water partition coefficient (Wildman–Crippen LogP) is 3.63. The first-order valence-electron chi connectivity index (χ1n) is 7.85. The maximum Gasteiger partial charge on any atom is 0.222 e. The van der Waals surface area contributed by atoms with Crippen LogP contribution in [0.5, 0.6) is 5.75 Å². The summed E-state index contributed by atoms with van der Waals surface area (Å²) < 4.78 is 18.9. The maximum absolute atomic E-state index is 13.4. The highest BCUT2D eigenvalue weighted by Gasteiger charge is 2.22. The Bertz CT molecular complexity index is 456. The summed E-state index contributed by atoms with van der Waals surface area (Å²) in [6.45, 7) is 4.27. The normalized spacial score (nSPS) is 16.0. The van der Waals surface area contributed by atoms with Crippen molar-refractivity contribution in [3.05, 3.63) is 30.1 Å². The van der Waals surface area contributed by atoms with Gasteiger partial charge < -0.3 is 9.64 Å². The van der Waals surface area contributed by atoms with E-state index in [4.69, 9.17) is 4.74 Å². The zero-order chi connectivity index (χ0) is 15.1. The number of carbonyl (C=O) groups is 1. The second kappa shape index (κ2) is 8.01. The first-order valence-corrected chi connectivity index (χ1v) is 7.85. The molecular formula is C17H24FNO2. The van der Waals surface area contributed by atoms with E-state index in [1.54, 1.807) is 18.2 Å². The van der Waals surface area contributed by atoms with E-state index < -0.39 is 0 Å². The first kappa shape index (κ1) is 15.8. The van der Waals surface area contributed by atoms with Gasteiger partial charge in [0.2, 0.25) is 5.91 Å². The van der Waals surface area contributed by atoms with Gasteiger partial charge in [0, 0.05) is 19.5 Å². The Kier molecular flexibility index (Phi) is 6.03. The summed E-state index contributed by atoms with van der Waals surface area (Å²) in [4.78, 5) is 13.8. The number of para-hydroxylation sites is 1. The number of benzene rings is 1. The number of nitrogens with zero attached hydrogens (tertiary/aromatic N) is 1. The van der Waals surface area contributed by atoms with Crippen molar-refractivity contribution in [2.24, 2.45) is 5.92 Å². The van der Waals surface area contributed by atoms with Crippen LogP contribution in [0.3, 0.4) is 0 Å². The topological polar surface area (TPSA) is 29.5 Å². The van der Waals surface area contributed by atoms with Crippen molar-refractivity contribution in [1.82, 2.24) is 4.90 Å². The van der Waals surface area contributed by atoms with Crippen LogP contribution >= 0.6 is 0 Å². The monoisotopic (exact) mass is 293 g/mol. The second-order valence-corrected chi connectivity index (χ2v) is 5.64. The maximum atomic E-state index is 13.4.